The minimum atomic E-state index is -0.193. The van der Waals surface area contributed by atoms with Crippen LogP contribution in [0.25, 0.3) is 10.9 Å². The van der Waals surface area contributed by atoms with E-state index in [4.69, 9.17) is 0 Å². The molecule has 0 aliphatic carbocycles. The maximum absolute atomic E-state index is 13.0. The fourth-order valence-corrected chi connectivity index (χ4v) is 6.18. The van der Waals surface area contributed by atoms with Crippen molar-refractivity contribution in [2.24, 2.45) is 0 Å². The Bertz CT molecular complexity index is 1100. The van der Waals surface area contributed by atoms with Gasteiger partial charge in [0.25, 0.3) is 5.56 Å². The number of carbonyl (C=O) groups excluding carboxylic acids is 1. The van der Waals surface area contributed by atoms with Crippen LogP contribution in [0.3, 0.4) is 0 Å². The number of rotatable bonds is 2. The van der Waals surface area contributed by atoms with E-state index in [1.165, 1.54) is 11.8 Å². The zero-order chi connectivity index (χ0) is 19.1. The Labute approximate surface area is 170 Å². The first-order valence-corrected chi connectivity index (χ1v) is 11.6. The monoisotopic (exact) mass is 412 g/mol. The first kappa shape index (κ1) is 17.9. The van der Waals surface area contributed by atoms with Gasteiger partial charge in [-0.2, -0.15) is 11.8 Å². The second kappa shape index (κ2) is 7.33. The van der Waals surface area contributed by atoms with Crippen LogP contribution in [0, 0.1) is 0 Å². The van der Waals surface area contributed by atoms with Gasteiger partial charge in [-0.05, 0) is 48.1 Å². The first-order chi connectivity index (χ1) is 13.7. The number of aromatic amines is 1. The lowest BCUT2D eigenvalue weighted by molar-refractivity contribution is -0.113. The van der Waals surface area contributed by atoms with E-state index < -0.39 is 0 Å². The van der Waals surface area contributed by atoms with Gasteiger partial charge in [0.1, 0.15) is 5.82 Å². The molecule has 3 aromatic rings. The molecule has 2 aliphatic heterocycles. The summed E-state index contributed by atoms with van der Waals surface area (Å²) in [5.74, 6) is 3.06. The normalized spacial score (nSPS) is 20.6. The van der Waals surface area contributed by atoms with Crippen molar-refractivity contribution in [3.05, 3.63) is 58.0 Å². The molecule has 5 rings (SSSR count). The number of anilines is 1. The predicted octanol–water partition coefficient (Wildman–Crippen LogP) is 3.57. The Morgan fingerprint density at radius 1 is 1.14 bits per heavy atom. The lowest BCUT2D eigenvalue weighted by Crippen LogP contribution is -2.22. The van der Waals surface area contributed by atoms with Crippen molar-refractivity contribution < 1.29 is 4.79 Å². The van der Waals surface area contributed by atoms with E-state index in [0.29, 0.717) is 17.1 Å². The van der Waals surface area contributed by atoms with Crippen LogP contribution in [-0.4, -0.2) is 37.9 Å². The zero-order valence-corrected chi connectivity index (χ0v) is 16.8. The third-order valence-electron chi connectivity index (χ3n) is 5.35. The van der Waals surface area contributed by atoms with Gasteiger partial charge in [0.2, 0.25) is 5.91 Å². The van der Waals surface area contributed by atoms with Crippen molar-refractivity contribution >= 4 is 46.2 Å². The van der Waals surface area contributed by atoms with Gasteiger partial charge in [-0.1, -0.05) is 12.1 Å². The third kappa shape index (κ3) is 3.14. The van der Waals surface area contributed by atoms with Crippen molar-refractivity contribution in [2.45, 2.75) is 24.1 Å². The summed E-state index contributed by atoms with van der Waals surface area (Å²) in [5.41, 5.74) is 2.48. The molecule has 1 amide bonds. The summed E-state index contributed by atoms with van der Waals surface area (Å²) in [6.07, 6.45) is 3.77. The minimum absolute atomic E-state index is 0.0610. The predicted molar refractivity (Wildman–Crippen MR) is 115 cm³/mol. The molecule has 8 heteroatoms. The lowest BCUT2D eigenvalue weighted by atomic mass is 10.0. The SMILES string of the molecule is O=C1CS[C@@H](c2ccc3ncccc3c2)c2c(n(C3CCSCC3)[nH]c2=O)N1. The fraction of sp³-hybridized carbons (Fsp3) is 0.350. The van der Waals surface area contributed by atoms with Crippen LogP contribution in [0.15, 0.2) is 41.3 Å². The Morgan fingerprint density at radius 2 is 2.00 bits per heavy atom. The number of carbonyl (C=O) groups is 1. The molecule has 1 aromatic carbocycles. The van der Waals surface area contributed by atoms with E-state index in [-0.39, 0.29) is 22.8 Å². The quantitative estimate of drug-likeness (QED) is 0.673. The fourth-order valence-electron chi connectivity index (χ4n) is 3.98. The number of nitrogens with one attached hydrogen (secondary N) is 2. The molecule has 144 valence electrons. The Morgan fingerprint density at radius 3 is 2.86 bits per heavy atom. The molecule has 4 heterocycles. The van der Waals surface area contributed by atoms with Crippen molar-refractivity contribution in [3.63, 3.8) is 0 Å². The van der Waals surface area contributed by atoms with Gasteiger partial charge in [0.05, 0.1) is 28.1 Å². The summed E-state index contributed by atoms with van der Waals surface area (Å²) in [7, 11) is 0. The molecular formula is C20H20N4O2S2. The van der Waals surface area contributed by atoms with E-state index in [2.05, 4.69) is 21.5 Å². The molecule has 0 spiro atoms. The molecule has 2 aliphatic rings. The zero-order valence-electron chi connectivity index (χ0n) is 15.2. The molecule has 1 fully saturated rings. The molecule has 0 saturated carbocycles. The summed E-state index contributed by atoms with van der Waals surface area (Å²) in [6, 6.07) is 10.2. The highest BCUT2D eigenvalue weighted by Crippen LogP contribution is 2.42. The smallest absolute Gasteiger partial charge is 0.270 e. The van der Waals surface area contributed by atoms with E-state index in [1.807, 2.05) is 40.7 Å². The van der Waals surface area contributed by atoms with Gasteiger partial charge >= 0.3 is 0 Å². The Kier molecular flexibility index (Phi) is 4.68. The second-order valence-electron chi connectivity index (χ2n) is 7.11. The molecular weight excluding hydrogens is 392 g/mol. The standard InChI is InChI=1S/C20H20N4O2S2/c25-16-11-28-18(13-3-4-15-12(10-13)2-1-7-21-15)17-19(22-16)24(23-20(17)26)14-5-8-27-9-6-14/h1-4,7,10,14,18H,5-6,8-9,11H2,(H,22,25)(H,23,26)/t18-/m0/s1. The van der Waals surface area contributed by atoms with Crippen molar-refractivity contribution in [1.82, 2.24) is 14.8 Å². The summed E-state index contributed by atoms with van der Waals surface area (Å²) in [6.45, 7) is 0. The van der Waals surface area contributed by atoms with Crippen LogP contribution in [0.1, 0.15) is 35.3 Å². The van der Waals surface area contributed by atoms with Gasteiger partial charge in [-0.25, -0.2) is 0 Å². The number of fused-ring (bicyclic) bond motifs is 2. The lowest BCUT2D eigenvalue weighted by Gasteiger charge is -2.24. The summed E-state index contributed by atoms with van der Waals surface area (Å²) in [5, 5.41) is 6.86. The third-order valence-corrected chi connectivity index (χ3v) is 7.67. The Hall–Kier alpha value is -2.19. The summed E-state index contributed by atoms with van der Waals surface area (Å²) in [4.78, 5) is 29.8. The van der Waals surface area contributed by atoms with Crippen molar-refractivity contribution in [2.75, 3.05) is 22.6 Å². The number of thioether (sulfide) groups is 2. The van der Waals surface area contributed by atoms with Gasteiger partial charge in [0, 0.05) is 11.6 Å². The van der Waals surface area contributed by atoms with Crippen molar-refractivity contribution in [1.29, 1.82) is 0 Å². The van der Waals surface area contributed by atoms with E-state index in [1.54, 1.807) is 6.20 Å². The number of amides is 1. The number of pyridine rings is 1. The number of hydrogen-bond acceptors (Lipinski definition) is 5. The van der Waals surface area contributed by atoms with Gasteiger partial charge < -0.3 is 5.32 Å². The van der Waals surface area contributed by atoms with Gasteiger partial charge in [-0.3, -0.25) is 24.4 Å². The summed E-state index contributed by atoms with van der Waals surface area (Å²) < 4.78 is 1.91. The molecule has 6 nitrogen and oxygen atoms in total. The molecule has 1 atom stereocenters. The van der Waals surface area contributed by atoms with Crippen LogP contribution in [0.5, 0.6) is 0 Å². The highest BCUT2D eigenvalue weighted by molar-refractivity contribution is 8.00. The topological polar surface area (TPSA) is 79.8 Å². The second-order valence-corrected chi connectivity index (χ2v) is 9.43. The first-order valence-electron chi connectivity index (χ1n) is 9.39. The molecule has 28 heavy (non-hydrogen) atoms. The maximum Gasteiger partial charge on any atom is 0.270 e. The van der Waals surface area contributed by atoms with Gasteiger partial charge in [-0.15, -0.1) is 11.8 Å². The number of hydrogen-bond donors (Lipinski definition) is 2. The molecule has 2 N–H and O–H groups in total. The van der Waals surface area contributed by atoms with Crippen LogP contribution in [-0.2, 0) is 4.79 Å². The van der Waals surface area contributed by atoms with Crippen LogP contribution in [0.4, 0.5) is 5.82 Å². The number of nitrogens with zero attached hydrogens (tertiary/aromatic N) is 2. The Balaban J connectivity index is 1.63. The minimum Gasteiger partial charge on any atom is -0.310 e. The van der Waals surface area contributed by atoms with Gasteiger partial charge in [0.15, 0.2) is 0 Å². The average molecular weight is 413 g/mol. The van der Waals surface area contributed by atoms with E-state index in [0.717, 1.165) is 40.8 Å². The van der Waals surface area contributed by atoms with Crippen LogP contribution in [0.2, 0.25) is 0 Å². The molecule has 2 aromatic heterocycles. The number of aromatic nitrogens is 3. The van der Waals surface area contributed by atoms with E-state index >= 15 is 0 Å². The number of H-pyrrole nitrogens is 1. The molecule has 0 bridgehead atoms. The largest absolute Gasteiger partial charge is 0.310 e. The van der Waals surface area contributed by atoms with E-state index in [9.17, 15) is 9.59 Å². The number of benzene rings is 1. The molecule has 0 unspecified atom stereocenters. The average Bonchev–Trinajstić information content (AvgIpc) is 2.93. The molecule has 1 saturated heterocycles. The summed E-state index contributed by atoms with van der Waals surface area (Å²) >= 11 is 3.44. The van der Waals surface area contributed by atoms with Crippen LogP contribution < -0.4 is 10.9 Å². The maximum atomic E-state index is 13.0. The molecule has 0 radical (unpaired) electrons. The van der Waals surface area contributed by atoms with Crippen molar-refractivity contribution in [3.8, 4) is 0 Å². The van der Waals surface area contributed by atoms with Crippen LogP contribution >= 0.6 is 23.5 Å². The highest BCUT2D eigenvalue weighted by atomic mass is 32.2. The highest BCUT2D eigenvalue weighted by Gasteiger charge is 2.32.